The molecule has 0 saturated carbocycles. The van der Waals surface area contributed by atoms with Crippen LogP contribution in [0, 0.1) is 20.8 Å². The van der Waals surface area contributed by atoms with E-state index in [2.05, 4.69) is 40.0 Å². The van der Waals surface area contributed by atoms with E-state index in [1.165, 1.54) is 9.78 Å². The van der Waals surface area contributed by atoms with Crippen LogP contribution in [-0.4, -0.2) is 81.4 Å². The van der Waals surface area contributed by atoms with Crippen molar-refractivity contribution in [2.75, 3.05) is 31.7 Å². The number of halogens is 1. The predicted octanol–water partition coefficient (Wildman–Crippen LogP) is 6.34. The summed E-state index contributed by atoms with van der Waals surface area (Å²) in [4.78, 5) is 58.7. The lowest BCUT2D eigenvalue weighted by Gasteiger charge is -2.29. The first-order valence-electron chi connectivity index (χ1n) is 19.9. The first kappa shape index (κ1) is 40.9. The molecule has 3 N–H and O–H groups in total. The Balaban J connectivity index is 0.815. The maximum atomic E-state index is 13.7. The first-order valence-corrected chi connectivity index (χ1v) is 21.1. The summed E-state index contributed by atoms with van der Waals surface area (Å²) in [6, 6.07) is 19.2. The lowest BCUT2D eigenvalue weighted by molar-refractivity contribution is -0.137. The van der Waals surface area contributed by atoms with Gasteiger partial charge in [0.05, 0.1) is 31.4 Å². The highest BCUT2D eigenvalue weighted by Crippen LogP contribution is 2.40. The average molecular weight is 849 g/mol. The molecular formula is C44H45ClN8O6S. The van der Waals surface area contributed by atoms with Crippen molar-refractivity contribution in [2.45, 2.75) is 71.6 Å². The van der Waals surface area contributed by atoms with Gasteiger partial charge in [-0.1, -0.05) is 41.9 Å². The molecule has 3 aliphatic rings. The third-order valence-electron chi connectivity index (χ3n) is 11.1. The van der Waals surface area contributed by atoms with E-state index < -0.39 is 18.0 Å². The van der Waals surface area contributed by atoms with Crippen LogP contribution in [0.2, 0.25) is 5.02 Å². The number of aliphatic imine (C=N–C) groups is 1. The Morgan fingerprint density at radius 1 is 1.00 bits per heavy atom. The number of benzene rings is 3. The second kappa shape index (κ2) is 17.4. The Morgan fingerprint density at radius 2 is 1.78 bits per heavy atom. The van der Waals surface area contributed by atoms with Crippen LogP contribution in [0.15, 0.2) is 71.7 Å². The SMILES string of the molecule is Cc1sc2c(c1C)C(c1ccc(Cl)cc1)=N[C@@H](CC(=O)N[C@H](C)c1ccc(OCCOCCNc3cccc4c3CN(C3CCC(=O)NC3=O)C4=O)cc1)c1nnc(C)n1-2. The first-order chi connectivity index (χ1) is 29.0. The Morgan fingerprint density at radius 3 is 2.55 bits per heavy atom. The third kappa shape index (κ3) is 8.29. The van der Waals surface area contributed by atoms with Crippen LogP contribution in [0.3, 0.4) is 0 Å². The number of hydrogen-bond acceptors (Lipinski definition) is 11. The third-order valence-corrected chi connectivity index (χ3v) is 12.6. The summed E-state index contributed by atoms with van der Waals surface area (Å²) in [6.07, 6.45) is 0.613. The van der Waals surface area contributed by atoms with Gasteiger partial charge >= 0.3 is 0 Å². The van der Waals surface area contributed by atoms with Crippen molar-refractivity contribution in [3.8, 4) is 10.8 Å². The number of aromatic nitrogens is 3. The van der Waals surface area contributed by atoms with Crippen molar-refractivity contribution in [1.29, 1.82) is 0 Å². The van der Waals surface area contributed by atoms with E-state index in [0.717, 1.165) is 50.0 Å². The largest absolute Gasteiger partial charge is 0.491 e. The predicted molar refractivity (Wildman–Crippen MR) is 228 cm³/mol. The average Bonchev–Trinajstić information content (AvgIpc) is 3.85. The molecule has 5 aromatic rings. The molecule has 1 fully saturated rings. The highest BCUT2D eigenvalue weighted by Gasteiger charge is 2.40. The van der Waals surface area contributed by atoms with Crippen molar-refractivity contribution in [3.05, 3.63) is 122 Å². The second-order valence-corrected chi connectivity index (χ2v) is 16.7. The molecule has 14 nitrogen and oxygen atoms in total. The number of aryl methyl sites for hydroxylation is 2. The van der Waals surface area contributed by atoms with Gasteiger partial charge in [0.2, 0.25) is 17.7 Å². The van der Waals surface area contributed by atoms with Crippen molar-refractivity contribution >= 4 is 58.0 Å². The topological polar surface area (TPSA) is 169 Å². The maximum absolute atomic E-state index is 13.7. The fraction of sp³-hybridized carbons (Fsp3) is 0.341. The molecule has 3 aromatic carbocycles. The van der Waals surface area contributed by atoms with Gasteiger partial charge in [-0.2, -0.15) is 0 Å². The summed E-state index contributed by atoms with van der Waals surface area (Å²) in [7, 11) is 0. The number of rotatable bonds is 14. The van der Waals surface area contributed by atoms with E-state index in [0.29, 0.717) is 61.5 Å². The number of fused-ring (bicyclic) bond motifs is 4. The van der Waals surface area contributed by atoms with Gasteiger partial charge in [-0.3, -0.25) is 34.1 Å². The number of nitrogens with zero attached hydrogens (tertiary/aromatic N) is 5. The summed E-state index contributed by atoms with van der Waals surface area (Å²) < 4.78 is 13.7. The Labute approximate surface area is 356 Å². The van der Waals surface area contributed by atoms with Gasteiger partial charge in [0.25, 0.3) is 5.91 Å². The minimum atomic E-state index is -0.660. The number of ether oxygens (including phenoxy) is 2. The molecule has 60 heavy (non-hydrogen) atoms. The molecule has 8 rings (SSSR count). The van der Waals surface area contributed by atoms with Crippen molar-refractivity contribution in [2.24, 2.45) is 4.99 Å². The van der Waals surface area contributed by atoms with Crippen LogP contribution < -0.4 is 20.7 Å². The number of imide groups is 1. The minimum absolute atomic E-state index is 0.0830. The molecule has 0 aliphatic carbocycles. The number of carbonyl (C=O) groups excluding carboxylic acids is 4. The molecule has 16 heteroatoms. The number of hydrogen-bond donors (Lipinski definition) is 3. The molecule has 0 bridgehead atoms. The summed E-state index contributed by atoms with van der Waals surface area (Å²) in [5.74, 6) is 0.924. The maximum Gasteiger partial charge on any atom is 0.255 e. The molecule has 310 valence electrons. The van der Waals surface area contributed by atoms with E-state index in [-0.39, 0.29) is 36.6 Å². The highest BCUT2D eigenvalue weighted by molar-refractivity contribution is 7.15. The minimum Gasteiger partial charge on any atom is -0.491 e. The zero-order valence-electron chi connectivity index (χ0n) is 33.7. The quantitative estimate of drug-likeness (QED) is 0.0854. The summed E-state index contributed by atoms with van der Waals surface area (Å²) in [5, 5.41) is 19.4. The molecular weight excluding hydrogens is 804 g/mol. The van der Waals surface area contributed by atoms with Crippen LogP contribution in [-0.2, 0) is 25.7 Å². The molecule has 3 aliphatic heterocycles. The van der Waals surface area contributed by atoms with Crippen LogP contribution in [0.4, 0.5) is 5.69 Å². The van der Waals surface area contributed by atoms with Gasteiger partial charge in [0.1, 0.15) is 35.3 Å². The Bertz CT molecular complexity index is 2500. The zero-order valence-corrected chi connectivity index (χ0v) is 35.3. The molecule has 2 aromatic heterocycles. The van der Waals surface area contributed by atoms with E-state index in [4.69, 9.17) is 26.1 Å². The van der Waals surface area contributed by atoms with Crippen LogP contribution in [0.5, 0.6) is 5.75 Å². The molecule has 1 saturated heterocycles. The molecule has 4 amide bonds. The number of nitrogens with one attached hydrogen (secondary N) is 3. The van der Waals surface area contributed by atoms with E-state index >= 15 is 0 Å². The van der Waals surface area contributed by atoms with Gasteiger partial charge in [-0.15, -0.1) is 21.5 Å². The van der Waals surface area contributed by atoms with E-state index in [9.17, 15) is 19.2 Å². The number of carbonyl (C=O) groups is 4. The normalized spacial score (nSPS) is 17.6. The van der Waals surface area contributed by atoms with Crippen molar-refractivity contribution < 1.29 is 28.7 Å². The fourth-order valence-electron chi connectivity index (χ4n) is 7.87. The van der Waals surface area contributed by atoms with Gasteiger partial charge in [-0.05, 0) is 81.6 Å². The summed E-state index contributed by atoms with van der Waals surface area (Å²) in [5.41, 5.74) is 6.97. The molecule has 1 unspecified atom stereocenters. The molecule has 3 atom stereocenters. The van der Waals surface area contributed by atoms with Crippen LogP contribution >= 0.6 is 22.9 Å². The van der Waals surface area contributed by atoms with E-state index in [1.54, 1.807) is 17.4 Å². The van der Waals surface area contributed by atoms with Crippen molar-refractivity contribution in [3.63, 3.8) is 0 Å². The zero-order chi connectivity index (χ0) is 42.1. The van der Waals surface area contributed by atoms with Gasteiger partial charge in [0, 0.05) is 57.4 Å². The smallest absolute Gasteiger partial charge is 0.255 e. The number of piperidine rings is 1. The fourth-order valence-corrected chi connectivity index (χ4v) is 9.21. The monoisotopic (exact) mass is 848 g/mol. The van der Waals surface area contributed by atoms with Gasteiger partial charge in [-0.25, -0.2) is 0 Å². The number of amides is 4. The highest BCUT2D eigenvalue weighted by atomic mass is 35.5. The van der Waals surface area contributed by atoms with Gasteiger partial charge in [0.15, 0.2) is 5.82 Å². The summed E-state index contributed by atoms with van der Waals surface area (Å²) >= 11 is 7.92. The lowest BCUT2D eigenvalue weighted by Crippen LogP contribution is -2.52. The standard InChI is InChI=1S/C44H45ClN8O6S/c1-24-26(3)60-44-39(24)40(29-8-12-30(45)13-9-29)48-35(41-51-50-27(4)53(41)44)22-38(55)47-25(2)28-10-14-31(15-11-28)59-21-20-58-19-18-46-34-7-5-6-32-33(34)23-52(43(32)57)36-16-17-37(54)49-42(36)56/h5-15,25,35-36,46H,16-23H2,1-4H3,(H,47,55)(H,49,54,56)/t25-,35+,36?/m1/s1. The molecule has 0 radical (unpaired) electrons. The van der Waals surface area contributed by atoms with Crippen molar-refractivity contribution in [1.82, 2.24) is 30.3 Å². The summed E-state index contributed by atoms with van der Waals surface area (Å²) in [6.45, 7) is 9.98. The number of thiophene rings is 1. The molecule has 5 heterocycles. The van der Waals surface area contributed by atoms with Crippen LogP contribution in [0.1, 0.15) is 93.0 Å². The van der Waals surface area contributed by atoms with E-state index in [1.807, 2.05) is 79.1 Å². The Kier molecular flexibility index (Phi) is 11.8. The second-order valence-electron chi connectivity index (χ2n) is 15.1. The molecule has 0 spiro atoms. The Hall–Kier alpha value is -5.90. The van der Waals surface area contributed by atoms with Crippen LogP contribution in [0.25, 0.3) is 5.00 Å². The number of anilines is 1. The van der Waals surface area contributed by atoms with Gasteiger partial charge < -0.3 is 25.0 Å². The lowest BCUT2D eigenvalue weighted by atomic mass is 9.99.